The predicted octanol–water partition coefficient (Wildman–Crippen LogP) is 1.29. The van der Waals surface area contributed by atoms with Crippen LogP contribution in [-0.2, 0) is 6.54 Å². The maximum Gasteiger partial charge on any atom is 0.167 e. The van der Waals surface area contributed by atoms with Crippen LogP contribution in [0.4, 0.5) is 8.78 Å². The van der Waals surface area contributed by atoms with Crippen LogP contribution >= 0.6 is 0 Å². The van der Waals surface area contributed by atoms with Crippen molar-refractivity contribution in [1.29, 1.82) is 0 Å². The average Bonchev–Trinajstić information content (AvgIpc) is 2.40. The van der Waals surface area contributed by atoms with Crippen molar-refractivity contribution in [3.63, 3.8) is 0 Å². The molecule has 0 radical (unpaired) electrons. The number of hydrogen-bond acceptors (Lipinski definition) is 4. The van der Waals surface area contributed by atoms with Crippen LogP contribution in [0.15, 0.2) is 12.1 Å². The van der Waals surface area contributed by atoms with Crippen molar-refractivity contribution in [2.24, 2.45) is 0 Å². The first kappa shape index (κ1) is 15.2. The minimum absolute atomic E-state index is 0.125. The van der Waals surface area contributed by atoms with Gasteiger partial charge in [0.1, 0.15) is 5.75 Å². The first-order valence-electron chi connectivity index (χ1n) is 6.49. The zero-order valence-corrected chi connectivity index (χ0v) is 11.6. The molecule has 2 atom stereocenters. The molecule has 4 nitrogen and oxygen atoms in total. The lowest BCUT2D eigenvalue weighted by atomic mass is 9.90. The number of β-amino-alcohol motifs (C(OH)–C–C–N with tert-alkyl or cyclic N) is 1. The van der Waals surface area contributed by atoms with Crippen molar-refractivity contribution in [3.8, 4) is 5.75 Å². The van der Waals surface area contributed by atoms with E-state index in [1.165, 1.54) is 13.2 Å². The van der Waals surface area contributed by atoms with Gasteiger partial charge in [0.15, 0.2) is 11.6 Å². The van der Waals surface area contributed by atoms with Crippen molar-refractivity contribution in [2.75, 3.05) is 20.2 Å². The topological polar surface area (TPSA) is 52.9 Å². The Balaban J connectivity index is 2.17. The second kappa shape index (κ2) is 5.63. The van der Waals surface area contributed by atoms with Gasteiger partial charge < -0.3 is 14.9 Å². The summed E-state index contributed by atoms with van der Waals surface area (Å²) in [4.78, 5) is 1.77. The minimum atomic E-state index is -1.14. The molecule has 2 N–H and O–H groups in total. The minimum Gasteiger partial charge on any atom is -0.496 e. The Morgan fingerprint density at radius 3 is 2.75 bits per heavy atom. The highest BCUT2D eigenvalue weighted by Gasteiger charge is 2.36. The largest absolute Gasteiger partial charge is 0.496 e. The third-order valence-electron chi connectivity index (χ3n) is 3.84. The SMILES string of the molecule is COc1ccc(F)c(F)c1CN1CC[C@](C)(O)[C@@H](O)C1. The van der Waals surface area contributed by atoms with E-state index in [4.69, 9.17) is 4.74 Å². The Bertz CT molecular complexity index is 494. The fraction of sp³-hybridized carbons (Fsp3) is 0.571. The third kappa shape index (κ3) is 2.92. The van der Waals surface area contributed by atoms with Crippen molar-refractivity contribution in [2.45, 2.75) is 31.6 Å². The van der Waals surface area contributed by atoms with Crippen LogP contribution in [0.1, 0.15) is 18.9 Å². The molecule has 112 valence electrons. The summed E-state index contributed by atoms with van der Waals surface area (Å²) in [5, 5.41) is 19.7. The number of rotatable bonds is 3. The Hall–Kier alpha value is -1.24. The zero-order chi connectivity index (χ0) is 14.9. The molecule has 1 aliphatic heterocycles. The van der Waals surface area contributed by atoms with Gasteiger partial charge in [0, 0.05) is 25.2 Å². The van der Waals surface area contributed by atoms with Gasteiger partial charge in [0.05, 0.1) is 18.8 Å². The monoisotopic (exact) mass is 287 g/mol. The van der Waals surface area contributed by atoms with Gasteiger partial charge in [-0.15, -0.1) is 0 Å². The first-order chi connectivity index (χ1) is 9.35. The molecule has 6 heteroatoms. The van der Waals surface area contributed by atoms with Crippen LogP contribution in [0.3, 0.4) is 0 Å². The Morgan fingerprint density at radius 2 is 2.15 bits per heavy atom. The van der Waals surface area contributed by atoms with Gasteiger partial charge in [0.25, 0.3) is 0 Å². The zero-order valence-electron chi connectivity index (χ0n) is 11.6. The van der Waals surface area contributed by atoms with Crippen molar-refractivity contribution < 1.29 is 23.7 Å². The van der Waals surface area contributed by atoms with Crippen LogP contribution in [0.25, 0.3) is 0 Å². The molecular weight excluding hydrogens is 268 g/mol. The molecule has 0 saturated carbocycles. The Kier molecular flexibility index (Phi) is 4.27. The number of ether oxygens (including phenoxy) is 1. The highest BCUT2D eigenvalue weighted by atomic mass is 19.2. The second-order valence-electron chi connectivity index (χ2n) is 5.40. The average molecular weight is 287 g/mol. The lowest BCUT2D eigenvalue weighted by molar-refractivity contribution is -0.108. The first-order valence-corrected chi connectivity index (χ1v) is 6.49. The molecule has 0 unspecified atom stereocenters. The van der Waals surface area contributed by atoms with E-state index in [9.17, 15) is 19.0 Å². The van der Waals surface area contributed by atoms with Crippen LogP contribution in [0, 0.1) is 11.6 Å². The third-order valence-corrected chi connectivity index (χ3v) is 3.84. The molecule has 1 saturated heterocycles. The highest BCUT2D eigenvalue weighted by molar-refractivity contribution is 5.35. The molecule has 1 heterocycles. The number of benzene rings is 1. The molecular formula is C14H19F2NO3. The molecule has 0 bridgehead atoms. The lowest BCUT2D eigenvalue weighted by Gasteiger charge is -2.40. The van der Waals surface area contributed by atoms with E-state index >= 15 is 0 Å². The van der Waals surface area contributed by atoms with E-state index < -0.39 is 23.3 Å². The van der Waals surface area contributed by atoms with Gasteiger partial charge >= 0.3 is 0 Å². The Morgan fingerprint density at radius 1 is 1.45 bits per heavy atom. The number of hydrogen-bond donors (Lipinski definition) is 2. The summed E-state index contributed by atoms with van der Waals surface area (Å²) in [5.41, 5.74) is -1.01. The smallest absolute Gasteiger partial charge is 0.167 e. The lowest BCUT2D eigenvalue weighted by Crippen LogP contribution is -2.53. The summed E-state index contributed by atoms with van der Waals surface area (Å²) in [6.07, 6.45) is -0.549. The normalized spacial score (nSPS) is 27.6. The van der Waals surface area contributed by atoms with Gasteiger partial charge in [0.2, 0.25) is 0 Å². The molecule has 0 amide bonds. The molecule has 2 rings (SSSR count). The van der Waals surface area contributed by atoms with E-state index in [-0.39, 0.29) is 24.4 Å². The molecule has 1 aliphatic rings. The summed E-state index contributed by atoms with van der Waals surface area (Å²) in [5.74, 6) is -1.59. The number of piperidine rings is 1. The van der Waals surface area contributed by atoms with Gasteiger partial charge in [-0.3, -0.25) is 4.90 Å². The number of halogens is 2. The fourth-order valence-corrected chi connectivity index (χ4v) is 2.36. The van der Waals surface area contributed by atoms with E-state index in [2.05, 4.69) is 0 Å². The number of aliphatic hydroxyl groups excluding tert-OH is 1. The maximum absolute atomic E-state index is 13.9. The number of aliphatic hydroxyl groups is 2. The van der Waals surface area contributed by atoms with Gasteiger partial charge in [-0.2, -0.15) is 0 Å². The summed E-state index contributed by atoms with van der Waals surface area (Å²) >= 11 is 0. The van der Waals surface area contributed by atoms with Crippen molar-refractivity contribution in [1.82, 2.24) is 4.90 Å². The van der Waals surface area contributed by atoms with E-state index in [0.717, 1.165) is 6.07 Å². The summed E-state index contributed by atoms with van der Waals surface area (Å²) in [6, 6.07) is 2.40. The molecule has 1 aromatic rings. The quantitative estimate of drug-likeness (QED) is 0.879. The van der Waals surface area contributed by atoms with E-state index in [1.54, 1.807) is 11.8 Å². The maximum atomic E-state index is 13.9. The number of nitrogens with zero attached hydrogens (tertiary/aromatic N) is 1. The van der Waals surface area contributed by atoms with Gasteiger partial charge in [-0.1, -0.05) is 0 Å². The summed E-state index contributed by atoms with van der Waals surface area (Å²) < 4.78 is 32.2. The molecule has 1 fully saturated rings. The summed E-state index contributed by atoms with van der Waals surface area (Å²) in [7, 11) is 1.39. The van der Waals surface area contributed by atoms with Crippen molar-refractivity contribution in [3.05, 3.63) is 29.3 Å². The molecule has 0 aliphatic carbocycles. The van der Waals surface area contributed by atoms with E-state index in [1.807, 2.05) is 0 Å². The fourth-order valence-electron chi connectivity index (χ4n) is 2.36. The van der Waals surface area contributed by atoms with Crippen LogP contribution in [-0.4, -0.2) is 47.0 Å². The Labute approximate surface area is 116 Å². The van der Waals surface area contributed by atoms with Crippen LogP contribution in [0.5, 0.6) is 5.75 Å². The number of likely N-dealkylation sites (tertiary alicyclic amines) is 1. The highest BCUT2D eigenvalue weighted by Crippen LogP contribution is 2.28. The van der Waals surface area contributed by atoms with Crippen LogP contribution in [0.2, 0.25) is 0 Å². The van der Waals surface area contributed by atoms with E-state index in [0.29, 0.717) is 13.0 Å². The van der Waals surface area contributed by atoms with Crippen LogP contribution < -0.4 is 4.74 Å². The molecule has 20 heavy (non-hydrogen) atoms. The van der Waals surface area contributed by atoms with Crippen molar-refractivity contribution >= 4 is 0 Å². The van der Waals surface area contributed by atoms with Gasteiger partial charge in [-0.05, 0) is 25.5 Å². The van der Waals surface area contributed by atoms with Gasteiger partial charge in [-0.25, -0.2) is 8.78 Å². The molecule has 0 spiro atoms. The predicted molar refractivity (Wildman–Crippen MR) is 69.4 cm³/mol. The summed E-state index contributed by atoms with van der Waals surface area (Å²) in [6.45, 7) is 2.38. The molecule has 1 aromatic carbocycles. The standard InChI is InChI=1S/C14H19F2NO3/c1-14(19)5-6-17(8-12(14)18)7-9-11(20-2)4-3-10(15)13(9)16/h3-4,12,18-19H,5-8H2,1-2H3/t12-,14-/m0/s1. The second-order valence-corrected chi connectivity index (χ2v) is 5.40. The molecule has 0 aromatic heterocycles. The number of methoxy groups -OCH3 is 1.